The van der Waals surface area contributed by atoms with Gasteiger partial charge in [-0.1, -0.05) is 5.92 Å². The molecule has 0 aliphatic carbocycles. The number of carbonyl (C=O) groups excluding carboxylic acids is 1. The molecule has 0 atom stereocenters. The van der Waals surface area contributed by atoms with Gasteiger partial charge in [-0.2, -0.15) is 5.26 Å². The van der Waals surface area contributed by atoms with Crippen molar-refractivity contribution in [2.24, 2.45) is 0 Å². The third kappa shape index (κ3) is 2.76. The molecular weight excluding hydrogens is 164 g/mol. The van der Waals surface area contributed by atoms with Crippen molar-refractivity contribution in [3.63, 3.8) is 0 Å². The summed E-state index contributed by atoms with van der Waals surface area (Å²) >= 11 is 0. The van der Waals surface area contributed by atoms with Crippen LogP contribution in [0.1, 0.15) is 22.5 Å². The van der Waals surface area contributed by atoms with Gasteiger partial charge in [-0.25, -0.2) is 4.98 Å². The van der Waals surface area contributed by atoms with E-state index >= 15 is 0 Å². The van der Waals surface area contributed by atoms with Gasteiger partial charge < -0.3 is 0 Å². The highest BCUT2D eigenvalue weighted by Crippen LogP contribution is 1.95. The molecule has 62 valence electrons. The zero-order chi connectivity index (χ0) is 9.52. The van der Waals surface area contributed by atoms with Crippen LogP contribution in [0.25, 0.3) is 0 Å². The highest BCUT2D eigenvalue weighted by Gasteiger charge is 1.89. The van der Waals surface area contributed by atoms with E-state index in [9.17, 15) is 4.79 Å². The SMILES string of the molecule is N#CCC#Cc1ccc(C=O)cn1. The molecule has 0 amide bonds. The van der Waals surface area contributed by atoms with Crippen molar-refractivity contribution >= 4 is 6.29 Å². The summed E-state index contributed by atoms with van der Waals surface area (Å²) < 4.78 is 0. The van der Waals surface area contributed by atoms with Crippen LogP contribution in [0.5, 0.6) is 0 Å². The van der Waals surface area contributed by atoms with E-state index in [1.807, 2.05) is 6.07 Å². The van der Waals surface area contributed by atoms with E-state index in [0.717, 1.165) is 6.29 Å². The van der Waals surface area contributed by atoms with Gasteiger partial charge in [0.05, 0.1) is 12.5 Å². The van der Waals surface area contributed by atoms with Crippen LogP contribution in [-0.4, -0.2) is 11.3 Å². The summed E-state index contributed by atoms with van der Waals surface area (Å²) in [5, 5.41) is 8.21. The van der Waals surface area contributed by atoms with E-state index in [1.165, 1.54) is 6.20 Å². The Morgan fingerprint density at radius 1 is 1.54 bits per heavy atom. The van der Waals surface area contributed by atoms with Crippen LogP contribution < -0.4 is 0 Å². The van der Waals surface area contributed by atoms with Crippen molar-refractivity contribution in [1.82, 2.24) is 4.98 Å². The zero-order valence-corrected chi connectivity index (χ0v) is 6.82. The second-order valence-electron chi connectivity index (χ2n) is 2.23. The standard InChI is InChI=1S/C10H6N2O/c11-6-2-1-3-10-5-4-9(8-13)7-12-10/h4-5,7-8H,2H2. The molecular formula is C10H6N2O. The third-order valence-corrected chi connectivity index (χ3v) is 1.31. The van der Waals surface area contributed by atoms with E-state index in [4.69, 9.17) is 5.26 Å². The number of carbonyl (C=O) groups is 1. The molecule has 13 heavy (non-hydrogen) atoms. The lowest BCUT2D eigenvalue weighted by Gasteiger charge is -1.88. The molecule has 1 rings (SSSR count). The molecule has 0 radical (unpaired) electrons. The van der Waals surface area contributed by atoms with Crippen molar-refractivity contribution in [3.05, 3.63) is 29.6 Å². The fourth-order valence-corrected chi connectivity index (χ4v) is 0.723. The quantitative estimate of drug-likeness (QED) is 0.469. The highest BCUT2D eigenvalue weighted by molar-refractivity contribution is 5.74. The maximum Gasteiger partial charge on any atom is 0.151 e. The lowest BCUT2D eigenvalue weighted by molar-refractivity contribution is 0.112. The predicted octanol–water partition coefficient (Wildman–Crippen LogP) is 1.16. The molecule has 0 aliphatic heterocycles. The summed E-state index contributed by atoms with van der Waals surface area (Å²) in [7, 11) is 0. The van der Waals surface area contributed by atoms with Crippen LogP contribution in [0.2, 0.25) is 0 Å². The summed E-state index contributed by atoms with van der Waals surface area (Å²) in [6.07, 6.45) is 2.36. The molecule has 0 bridgehead atoms. The number of hydrogen-bond acceptors (Lipinski definition) is 3. The van der Waals surface area contributed by atoms with E-state index in [-0.39, 0.29) is 6.42 Å². The van der Waals surface area contributed by atoms with Crippen LogP contribution in [0.4, 0.5) is 0 Å². The summed E-state index contributed by atoms with van der Waals surface area (Å²) in [4.78, 5) is 14.2. The van der Waals surface area contributed by atoms with Gasteiger partial charge in [0.25, 0.3) is 0 Å². The Morgan fingerprint density at radius 3 is 2.92 bits per heavy atom. The van der Waals surface area contributed by atoms with E-state index in [0.29, 0.717) is 11.3 Å². The molecule has 0 fully saturated rings. The van der Waals surface area contributed by atoms with Gasteiger partial charge in [0.2, 0.25) is 0 Å². The first-order valence-corrected chi connectivity index (χ1v) is 3.64. The molecule has 0 saturated carbocycles. The number of pyridine rings is 1. The minimum atomic E-state index is 0.192. The molecule has 3 heteroatoms. The first-order chi connectivity index (χ1) is 6.36. The van der Waals surface area contributed by atoms with Crippen LogP contribution >= 0.6 is 0 Å². The maximum atomic E-state index is 10.3. The zero-order valence-electron chi connectivity index (χ0n) is 6.82. The number of aldehydes is 1. The lowest BCUT2D eigenvalue weighted by Crippen LogP contribution is -1.85. The van der Waals surface area contributed by atoms with Gasteiger partial charge in [-0.3, -0.25) is 4.79 Å². The van der Waals surface area contributed by atoms with Crippen molar-refractivity contribution in [2.75, 3.05) is 0 Å². The van der Waals surface area contributed by atoms with Crippen LogP contribution in [-0.2, 0) is 0 Å². The first-order valence-electron chi connectivity index (χ1n) is 3.64. The first kappa shape index (κ1) is 8.96. The lowest BCUT2D eigenvalue weighted by atomic mass is 10.2. The second-order valence-corrected chi connectivity index (χ2v) is 2.23. The van der Waals surface area contributed by atoms with Crippen LogP contribution in [0.15, 0.2) is 18.3 Å². The molecule has 1 heterocycles. The molecule has 0 unspecified atom stereocenters. The Kier molecular flexibility index (Phi) is 3.23. The van der Waals surface area contributed by atoms with Gasteiger partial charge >= 0.3 is 0 Å². The Hall–Kier alpha value is -2.13. The average molecular weight is 170 g/mol. The highest BCUT2D eigenvalue weighted by atomic mass is 16.1. The smallest absolute Gasteiger partial charge is 0.151 e. The van der Waals surface area contributed by atoms with Crippen molar-refractivity contribution in [2.45, 2.75) is 6.42 Å². The van der Waals surface area contributed by atoms with E-state index in [1.54, 1.807) is 12.1 Å². The normalized spacial score (nSPS) is 7.92. The topological polar surface area (TPSA) is 53.8 Å². The third-order valence-electron chi connectivity index (χ3n) is 1.31. The molecule has 0 aromatic carbocycles. The molecule has 0 aliphatic rings. The van der Waals surface area contributed by atoms with E-state index in [2.05, 4.69) is 16.8 Å². The largest absolute Gasteiger partial charge is 0.298 e. The number of nitriles is 1. The molecule has 0 spiro atoms. The molecule has 0 saturated heterocycles. The summed E-state index contributed by atoms with van der Waals surface area (Å²) in [6.45, 7) is 0. The molecule has 1 aromatic rings. The van der Waals surface area contributed by atoms with E-state index < -0.39 is 0 Å². The van der Waals surface area contributed by atoms with Gasteiger partial charge in [0, 0.05) is 11.8 Å². The maximum absolute atomic E-state index is 10.3. The number of rotatable bonds is 1. The Bertz CT molecular complexity index is 390. The number of aromatic nitrogens is 1. The number of hydrogen-bond donors (Lipinski definition) is 0. The summed E-state index contributed by atoms with van der Waals surface area (Å²) in [6, 6.07) is 5.19. The molecule has 3 nitrogen and oxygen atoms in total. The molecule has 1 aromatic heterocycles. The van der Waals surface area contributed by atoms with Gasteiger partial charge in [0.1, 0.15) is 5.69 Å². The van der Waals surface area contributed by atoms with Crippen molar-refractivity contribution in [3.8, 4) is 17.9 Å². The Labute approximate surface area is 76.0 Å². The van der Waals surface area contributed by atoms with Crippen molar-refractivity contribution in [1.29, 1.82) is 5.26 Å². The summed E-state index contributed by atoms with van der Waals surface area (Å²) in [5.41, 5.74) is 1.09. The summed E-state index contributed by atoms with van der Waals surface area (Å²) in [5.74, 6) is 5.32. The van der Waals surface area contributed by atoms with Crippen molar-refractivity contribution < 1.29 is 4.79 Å². The van der Waals surface area contributed by atoms with Crippen LogP contribution in [0.3, 0.4) is 0 Å². The predicted molar refractivity (Wildman–Crippen MR) is 46.7 cm³/mol. The Morgan fingerprint density at radius 2 is 2.38 bits per heavy atom. The average Bonchev–Trinajstić information content (AvgIpc) is 2.19. The second kappa shape index (κ2) is 4.69. The fourth-order valence-electron chi connectivity index (χ4n) is 0.723. The van der Waals surface area contributed by atoms with Gasteiger partial charge in [-0.05, 0) is 18.1 Å². The Balaban J connectivity index is 2.78. The van der Waals surface area contributed by atoms with Crippen LogP contribution in [0, 0.1) is 23.2 Å². The monoisotopic (exact) mass is 170 g/mol. The van der Waals surface area contributed by atoms with Gasteiger partial charge in [-0.15, -0.1) is 0 Å². The molecule has 0 N–H and O–H groups in total. The fraction of sp³-hybridized carbons (Fsp3) is 0.100. The minimum absolute atomic E-state index is 0.192. The minimum Gasteiger partial charge on any atom is -0.298 e. The number of nitrogens with zero attached hydrogens (tertiary/aromatic N) is 2. The van der Waals surface area contributed by atoms with Gasteiger partial charge in [0.15, 0.2) is 6.29 Å².